The topological polar surface area (TPSA) is 98.7 Å². The molecule has 0 unspecified atom stereocenters. The lowest BCUT2D eigenvalue weighted by atomic mass is 10.2. The van der Waals surface area contributed by atoms with E-state index >= 15 is 0 Å². The molecule has 0 aliphatic heterocycles. The maximum Gasteiger partial charge on any atom is 0.248 e. The summed E-state index contributed by atoms with van der Waals surface area (Å²) >= 11 is 1.57. The summed E-state index contributed by atoms with van der Waals surface area (Å²) in [7, 11) is 0. The molecular weight excluding hydrogens is 364 g/mol. The second-order valence-electron chi connectivity index (χ2n) is 5.80. The summed E-state index contributed by atoms with van der Waals surface area (Å²) in [5, 5.41) is 18.9. The van der Waals surface area contributed by atoms with Crippen LogP contribution in [-0.4, -0.2) is 30.9 Å². The lowest BCUT2D eigenvalue weighted by molar-refractivity contribution is -0.121. The van der Waals surface area contributed by atoms with Gasteiger partial charge in [0, 0.05) is 30.3 Å². The number of aromatic nitrogens is 5. The van der Waals surface area contributed by atoms with Gasteiger partial charge in [0.1, 0.15) is 12.7 Å². The number of thiophene rings is 1. The summed E-state index contributed by atoms with van der Waals surface area (Å²) in [4.78, 5) is 16.0. The number of amides is 1. The minimum atomic E-state index is -0.0642. The number of hydrogen-bond acceptors (Lipinski definition) is 7. The molecule has 3 aromatic heterocycles. The maximum absolute atomic E-state index is 12.1. The maximum atomic E-state index is 12.1. The van der Waals surface area contributed by atoms with Gasteiger partial charge in [-0.2, -0.15) is 16.4 Å². The molecule has 1 aromatic carbocycles. The Bertz CT molecular complexity index is 993. The normalized spacial score (nSPS) is 10.8. The highest BCUT2D eigenvalue weighted by atomic mass is 32.1. The van der Waals surface area contributed by atoms with Crippen LogP contribution >= 0.6 is 11.3 Å². The number of rotatable bonds is 7. The number of carbonyl (C=O) groups excluding carboxylic acids is 1. The quantitative estimate of drug-likeness (QED) is 0.529. The third-order valence-electron chi connectivity index (χ3n) is 3.91. The summed E-state index contributed by atoms with van der Waals surface area (Å²) in [6.07, 6.45) is 3.83. The van der Waals surface area contributed by atoms with Crippen molar-refractivity contribution >= 4 is 17.2 Å². The Kier molecular flexibility index (Phi) is 5.01. The van der Waals surface area contributed by atoms with Crippen LogP contribution in [0.1, 0.15) is 17.9 Å². The van der Waals surface area contributed by atoms with Crippen molar-refractivity contribution < 1.29 is 9.21 Å². The highest BCUT2D eigenvalue weighted by Crippen LogP contribution is 2.20. The van der Waals surface area contributed by atoms with Crippen molar-refractivity contribution in [2.75, 3.05) is 0 Å². The largest absolute Gasteiger partial charge is 0.421 e. The second kappa shape index (κ2) is 7.92. The molecule has 8 nitrogen and oxygen atoms in total. The van der Waals surface area contributed by atoms with Gasteiger partial charge in [0.25, 0.3) is 0 Å². The monoisotopic (exact) mass is 380 g/mol. The molecule has 136 valence electrons. The van der Waals surface area contributed by atoms with E-state index in [4.69, 9.17) is 4.42 Å². The van der Waals surface area contributed by atoms with Crippen LogP contribution in [0.15, 0.2) is 58.2 Å². The Hall–Kier alpha value is -3.33. The van der Waals surface area contributed by atoms with Gasteiger partial charge in [0.2, 0.25) is 17.7 Å². The predicted molar refractivity (Wildman–Crippen MR) is 99.1 cm³/mol. The molecule has 0 saturated heterocycles. The predicted octanol–water partition coefficient (Wildman–Crippen LogP) is 2.63. The van der Waals surface area contributed by atoms with Gasteiger partial charge in [-0.15, -0.1) is 10.2 Å². The van der Waals surface area contributed by atoms with Gasteiger partial charge in [-0.3, -0.25) is 4.79 Å². The van der Waals surface area contributed by atoms with Gasteiger partial charge in [-0.25, -0.2) is 9.67 Å². The molecule has 0 radical (unpaired) electrons. The second-order valence-corrected chi connectivity index (χ2v) is 6.58. The van der Waals surface area contributed by atoms with E-state index in [9.17, 15) is 4.79 Å². The molecule has 0 aliphatic carbocycles. The zero-order valence-corrected chi connectivity index (χ0v) is 15.1. The van der Waals surface area contributed by atoms with Crippen molar-refractivity contribution in [2.45, 2.75) is 19.4 Å². The lowest BCUT2D eigenvalue weighted by Gasteiger charge is -2.06. The molecule has 0 atom stereocenters. The Balaban J connectivity index is 1.25. The molecule has 0 spiro atoms. The van der Waals surface area contributed by atoms with Gasteiger partial charge in [-0.05, 0) is 29.1 Å². The minimum Gasteiger partial charge on any atom is -0.421 e. The van der Waals surface area contributed by atoms with Crippen molar-refractivity contribution in [3.05, 3.63) is 65.2 Å². The van der Waals surface area contributed by atoms with Crippen LogP contribution in [0.4, 0.5) is 0 Å². The van der Waals surface area contributed by atoms with Crippen LogP contribution in [0.5, 0.6) is 0 Å². The van der Waals surface area contributed by atoms with E-state index in [-0.39, 0.29) is 5.91 Å². The van der Waals surface area contributed by atoms with Crippen molar-refractivity contribution in [1.29, 1.82) is 0 Å². The summed E-state index contributed by atoms with van der Waals surface area (Å²) in [6.45, 7) is 0.459. The van der Waals surface area contributed by atoms with E-state index in [0.717, 1.165) is 16.8 Å². The minimum absolute atomic E-state index is 0.0642. The highest BCUT2D eigenvalue weighted by molar-refractivity contribution is 7.08. The molecule has 1 amide bonds. The summed E-state index contributed by atoms with van der Waals surface area (Å²) in [5.74, 6) is 0.883. The fourth-order valence-corrected chi connectivity index (χ4v) is 3.10. The zero-order valence-electron chi connectivity index (χ0n) is 14.3. The first kappa shape index (κ1) is 17.1. The van der Waals surface area contributed by atoms with Crippen molar-refractivity contribution in [3.63, 3.8) is 0 Å². The summed E-state index contributed by atoms with van der Waals surface area (Å²) in [6, 6.07) is 9.68. The highest BCUT2D eigenvalue weighted by Gasteiger charge is 2.10. The Labute approximate surface area is 158 Å². The van der Waals surface area contributed by atoms with E-state index < -0.39 is 0 Å². The average molecular weight is 380 g/mol. The number of benzene rings is 1. The SMILES string of the molecule is O=C(CCc1nnc(-c2ccsc2)o1)NCc1ccc(-n2cncn2)cc1. The van der Waals surface area contributed by atoms with Crippen molar-refractivity contribution in [1.82, 2.24) is 30.3 Å². The van der Waals surface area contributed by atoms with Gasteiger partial charge in [0.15, 0.2) is 0 Å². The van der Waals surface area contributed by atoms with E-state index in [2.05, 4.69) is 25.6 Å². The van der Waals surface area contributed by atoms with Crippen molar-refractivity contribution in [3.8, 4) is 17.1 Å². The number of aryl methyl sites for hydroxylation is 1. The number of nitrogens with zero attached hydrogens (tertiary/aromatic N) is 5. The smallest absolute Gasteiger partial charge is 0.248 e. The Morgan fingerprint density at radius 1 is 1.19 bits per heavy atom. The first-order chi connectivity index (χ1) is 13.3. The molecule has 0 fully saturated rings. The van der Waals surface area contributed by atoms with Crippen LogP contribution in [0.2, 0.25) is 0 Å². The van der Waals surface area contributed by atoms with Crippen LogP contribution in [-0.2, 0) is 17.8 Å². The Morgan fingerprint density at radius 2 is 2.07 bits per heavy atom. The molecule has 4 rings (SSSR count). The molecule has 4 aromatic rings. The first-order valence-corrected chi connectivity index (χ1v) is 9.28. The zero-order chi connectivity index (χ0) is 18.5. The molecule has 0 aliphatic rings. The molecule has 1 N–H and O–H groups in total. The van der Waals surface area contributed by atoms with Crippen LogP contribution < -0.4 is 5.32 Å². The van der Waals surface area contributed by atoms with E-state index in [0.29, 0.717) is 31.2 Å². The lowest BCUT2D eigenvalue weighted by Crippen LogP contribution is -2.23. The number of hydrogen-bond donors (Lipinski definition) is 1. The van der Waals surface area contributed by atoms with Gasteiger partial charge in [-0.1, -0.05) is 12.1 Å². The molecular formula is C18H16N6O2S. The molecule has 0 saturated carbocycles. The van der Waals surface area contributed by atoms with Crippen LogP contribution in [0, 0.1) is 0 Å². The van der Waals surface area contributed by atoms with Gasteiger partial charge in [0.05, 0.1) is 5.69 Å². The molecule has 3 heterocycles. The van der Waals surface area contributed by atoms with Crippen LogP contribution in [0.25, 0.3) is 17.1 Å². The summed E-state index contributed by atoms with van der Waals surface area (Å²) in [5.41, 5.74) is 2.82. The Morgan fingerprint density at radius 3 is 2.81 bits per heavy atom. The fraction of sp³-hybridized carbons (Fsp3) is 0.167. The number of carbonyl (C=O) groups is 1. The molecule has 27 heavy (non-hydrogen) atoms. The summed E-state index contributed by atoms with van der Waals surface area (Å²) < 4.78 is 7.26. The molecule has 9 heteroatoms. The van der Waals surface area contributed by atoms with E-state index in [1.165, 1.54) is 6.33 Å². The average Bonchev–Trinajstić information content (AvgIpc) is 3.47. The van der Waals surface area contributed by atoms with Crippen LogP contribution in [0.3, 0.4) is 0 Å². The third-order valence-corrected chi connectivity index (χ3v) is 4.59. The van der Waals surface area contributed by atoms with Gasteiger partial charge < -0.3 is 9.73 Å². The third kappa shape index (κ3) is 4.26. The van der Waals surface area contributed by atoms with Crippen molar-refractivity contribution in [2.24, 2.45) is 0 Å². The standard InChI is InChI=1S/C18H16N6O2S/c25-16(5-6-17-22-23-18(26-17)14-7-8-27-10-14)20-9-13-1-3-15(4-2-13)24-12-19-11-21-24/h1-4,7-8,10-12H,5-6,9H2,(H,20,25). The fourth-order valence-electron chi connectivity index (χ4n) is 2.48. The van der Waals surface area contributed by atoms with E-state index in [1.807, 2.05) is 41.1 Å². The molecule has 0 bridgehead atoms. The number of nitrogens with one attached hydrogen (secondary N) is 1. The van der Waals surface area contributed by atoms with Gasteiger partial charge >= 0.3 is 0 Å². The first-order valence-electron chi connectivity index (χ1n) is 8.33. The van der Waals surface area contributed by atoms with E-state index in [1.54, 1.807) is 22.3 Å².